The smallest absolute Gasteiger partial charge is 0.315 e. The van der Waals surface area contributed by atoms with Gasteiger partial charge in [-0.1, -0.05) is 35.5 Å². The van der Waals surface area contributed by atoms with Crippen molar-refractivity contribution in [2.75, 3.05) is 19.6 Å². The molecule has 0 saturated carbocycles. The Kier molecular flexibility index (Phi) is 6.06. The number of carbonyl (C=O) groups is 1. The molecule has 1 saturated heterocycles. The number of aryl methyl sites for hydroxylation is 1. The van der Waals surface area contributed by atoms with E-state index in [2.05, 4.69) is 51.0 Å². The number of nitrogens with one attached hydrogen (secondary N) is 2. The van der Waals surface area contributed by atoms with Crippen LogP contribution in [0, 0.1) is 12.8 Å². The number of hydrogen-bond acceptors (Lipinski definition) is 4. The summed E-state index contributed by atoms with van der Waals surface area (Å²) >= 11 is 0. The van der Waals surface area contributed by atoms with Gasteiger partial charge in [0.15, 0.2) is 5.76 Å². The summed E-state index contributed by atoms with van der Waals surface area (Å²) in [7, 11) is 0. The monoisotopic (exact) mass is 342 g/mol. The van der Waals surface area contributed by atoms with E-state index >= 15 is 0 Å². The Morgan fingerprint density at radius 2 is 2.00 bits per heavy atom. The van der Waals surface area contributed by atoms with E-state index in [1.165, 1.54) is 5.56 Å². The minimum Gasteiger partial charge on any atom is -0.359 e. The third kappa shape index (κ3) is 5.60. The standard InChI is InChI=1S/C19H26N4O2/c1-15-11-18(25-22-15)13-21-19(24)20-12-16-7-9-23(10-8-16)14-17-5-3-2-4-6-17/h2-6,11,16H,7-10,12-14H2,1H3,(H2,20,21,24). The van der Waals surface area contributed by atoms with Gasteiger partial charge in [0, 0.05) is 19.2 Å². The normalized spacial score (nSPS) is 15.9. The molecule has 0 aliphatic carbocycles. The first-order chi connectivity index (χ1) is 12.2. The van der Waals surface area contributed by atoms with E-state index in [4.69, 9.17) is 4.52 Å². The lowest BCUT2D eigenvalue weighted by Crippen LogP contribution is -2.41. The van der Waals surface area contributed by atoms with Gasteiger partial charge in [0.2, 0.25) is 0 Å². The number of benzene rings is 1. The van der Waals surface area contributed by atoms with E-state index in [1.54, 1.807) is 0 Å². The Balaban J connectivity index is 1.31. The van der Waals surface area contributed by atoms with Crippen molar-refractivity contribution in [1.82, 2.24) is 20.7 Å². The van der Waals surface area contributed by atoms with E-state index in [0.717, 1.165) is 44.7 Å². The zero-order valence-corrected chi connectivity index (χ0v) is 14.7. The zero-order chi connectivity index (χ0) is 17.5. The maximum absolute atomic E-state index is 11.9. The molecule has 6 heteroatoms. The summed E-state index contributed by atoms with van der Waals surface area (Å²) in [6.07, 6.45) is 2.24. The second kappa shape index (κ2) is 8.67. The number of carbonyl (C=O) groups excluding carboxylic acids is 1. The predicted octanol–water partition coefficient (Wildman–Crippen LogP) is 2.69. The molecule has 0 radical (unpaired) electrons. The SMILES string of the molecule is Cc1cc(CNC(=O)NCC2CCN(Cc3ccccc3)CC2)on1. The molecule has 1 aromatic carbocycles. The summed E-state index contributed by atoms with van der Waals surface area (Å²) in [6.45, 7) is 6.12. The molecule has 2 amide bonds. The molecule has 2 N–H and O–H groups in total. The fourth-order valence-corrected chi connectivity index (χ4v) is 3.16. The average molecular weight is 342 g/mol. The van der Waals surface area contributed by atoms with Gasteiger partial charge in [-0.25, -0.2) is 4.79 Å². The maximum atomic E-state index is 11.9. The number of aromatic nitrogens is 1. The van der Waals surface area contributed by atoms with Crippen LogP contribution in [0.3, 0.4) is 0 Å². The van der Waals surface area contributed by atoms with E-state index in [1.807, 2.05) is 13.0 Å². The Morgan fingerprint density at radius 3 is 2.68 bits per heavy atom. The first kappa shape index (κ1) is 17.5. The van der Waals surface area contributed by atoms with Crippen LogP contribution in [0.15, 0.2) is 40.9 Å². The van der Waals surface area contributed by atoms with Crippen LogP contribution in [-0.2, 0) is 13.1 Å². The number of rotatable bonds is 6. The average Bonchev–Trinajstić information content (AvgIpc) is 3.06. The highest BCUT2D eigenvalue weighted by atomic mass is 16.5. The van der Waals surface area contributed by atoms with Crippen LogP contribution in [0.25, 0.3) is 0 Å². The lowest BCUT2D eigenvalue weighted by atomic mass is 9.96. The van der Waals surface area contributed by atoms with Gasteiger partial charge in [-0.2, -0.15) is 0 Å². The van der Waals surface area contributed by atoms with Crippen LogP contribution < -0.4 is 10.6 Å². The summed E-state index contributed by atoms with van der Waals surface area (Å²) in [5.74, 6) is 1.21. The van der Waals surface area contributed by atoms with Crippen LogP contribution in [0.1, 0.15) is 29.9 Å². The number of amides is 2. The Morgan fingerprint density at radius 1 is 1.24 bits per heavy atom. The molecule has 1 fully saturated rings. The molecular weight excluding hydrogens is 316 g/mol. The molecule has 134 valence electrons. The van der Waals surface area contributed by atoms with Gasteiger partial charge in [0.1, 0.15) is 0 Å². The van der Waals surface area contributed by atoms with Gasteiger partial charge in [-0.3, -0.25) is 4.90 Å². The molecule has 2 aromatic rings. The van der Waals surface area contributed by atoms with Gasteiger partial charge in [-0.05, 0) is 44.3 Å². The third-order valence-electron chi connectivity index (χ3n) is 4.61. The van der Waals surface area contributed by atoms with Gasteiger partial charge < -0.3 is 15.2 Å². The van der Waals surface area contributed by atoms with Crippen molar-refractivity contribution in [3.05, 3.63) is 53.4 Å². The van der Waals surface area contributed by atoms with Gasteiger partial charge in [0.25, 0.3) is 0 Å². The van der Waals surface area contributed by atoms with E-state index in [-0.39, 0.29) is 6.03 Å². The Bertz CT molecular complexity index is 663. The van der Waals surface area contributed by atoms with E-state index in [9.17, 15) is 4.79 Å². The van der Waals surface area contributed by atoms with Gasteiger partial charge in [0.05, 0.1) is 12.2 Å². The molecule has 3 rings (SSSR count). The van der Waals surface area contributed by atoms with Crippen molar-refractivity contribution in [1.29, 1.82) is 0 Å². The number of nitrogens with zero attached hydrogens (tertiary/aromatic N) is 2. The second-order valence-electron chi connectivity index (χ2n) is 6.70. The fraction of sp³-hybridized carbons (Fsp3) is 0.474. The number of urea groups is 1. The molecule has 2 heterocycles. The van der Waals surface area contributed by atoms with Crippen molar-refractivity contribution in [3.63, 3.8) is 0 Å². The van der Waals surface area contributed by atoms with Crippen LogP contribution in [0.5, 0.6) is 0 Å². The van der Waals surface area contributed by atoms with Crippen molar-refractivity contribution in [2.24, 2.45) is 5.92 Å². The third-order valence-corrected chi connectivity index (χ3v) is 4.61. The predicted molar refractivity (Wildman–Crippen MR) is 95.9 cm³/mol. The molecule has 6 nitrogen and oxygen atoms in total. The molecule has 0 spiro atoms. The van der Waals surface area contributed by atoms with Crippen molar-refractivity contribution in [2.45, 2.75) is 32.9 Å². The van der Waals surface area contributed by atoms with Crippen molar-refractivity contribution in [3.8, 4) is 0 Å². The molecular formula is C19H26N4O2. The van der Waals surface area contributed by atoms with E-state index in [0.29, 0.717) is 18.2 Å². The first-order valence-electron chi connectivity index (χ1n) is 8.89. The minimum absolute atomic E-state index is 0.152. The number of piperidine rings is 1. The van der Waals surface area contributed by atoms with Crippen LogP contribution >= 0.6 is 0 Å². The minimum atomic E-state index is -0.152. The molecule has 25 heavy (non-hydrogen) atoms. The summed E-state index contributed by atoms with van der Waals surface area (Å²) in [5, 5.41) is 9.56. The summed E-state index contributed by atoms with van der Waals surface area (Å²) in [5.41, 5.74) is 2.18. The second-order valence-corrected chi connectivity index (χ2v) is 6.70. The highest BCUT2D eigenvalue weighted by Crippen LogP contribution is 2.18. The molecule has 1 aliphatic rings. The van der Waals surface area contributed by atoms with Crippen LogP contribution in [-0.4, -0.2) is 35.7 Å². The van der Waals surface area contributed by atoms with Crippen molar-refractivity contribution < 1.29 is 9.32 Å². The molecule has 0 atom stereocenters. The van der Waals surface area contributed by atoms with Crippen LogP contribution in [0.2, 0.25) is 0 Å². The van der Waals surface area contributed by atoms with Gasteiger partial charge in [-0.15, -0.1) is 0 Å². The maximum Gasteiger partial charge on any atom is 0.315 e. The Hall–Kier alpha value is -2.34. The summed E-state index contributed by atoms with van der Waals surface area (Å²) < 4.78 is 5.07. The summed E-state index contributed by atoms with van der Waals surface area (Å²) in [6, 6.07) is 12.2. The highest BCUT2D eigenvalue weighted by Gasteiger charge is 2.19. The Labute approximate surface area is 148 Å². The number of hydrogen-bond donors (Lipinski definition) is 2. The quantitative estimate of drug-likeness (QED) is 0.847. The van der Waals surface area contributed by atoms with Crippen LogP contribution in [0.4, 0.5) is 4.79 Å². The van der Waals surface area contributed by atoms with E-state index < -0.39 is 0 Å². The van der Waals surface area contributed by atoms with Crippen molar-refractivity contribution >= 4 is 6.03 Å². The zero-order valence-electron chi connectivity index (χ0n) is 14.7. The lowest BCUT2D eigenvalue weighted by Gasteiger charge is -2.32. The molecule has 0 unspecified atom stereocenters. The topological polar surface area (TPSA) is 70.4 Å². The number of likely N-dealkylation sites (tertiary alicyclic amines) is 1. The molecule has 0 bridgehead atoms. The molecule has 1 aliphatic heterocycles. The summed E-state index contributed by atoms with van der Waals surface area (Å²) in [4.78, 5) is 14.4. The fourth-order valence-electron chi connectivity index (χ4n) is 3.16. The first-order valence-corrected chi connectivity index (χ1v) is 8.89. The highest BCUT2D eigenvalue weighted by molar-refractivity contribution is 5.73. The molecule has 1 aromatic heterocycles. The van der Waals surface area contributed by atoms with Gasteiger partial charge >= 0.3 is 6.03 Å². The largest absolute Gasteiger partial charge is 0.359 e. The lowest BCUT2D eigenvalue weighted by molar-refractivity contribution is 0.174.